The summed E-state index contributed by atoms with van der Waals surface area (Å²) in [6.45, 7) is 5.22. The first-order chi connectivity index (χ1) is 9.15. The van der Waals surface area contributed by atoms with Gasteiger partial charge < -0.3 is 10.6 Å². The van der Waals surface area contributed by atoms with Crippen molar-refractivity contribution >= 4 is 28.7 Å². The summed E-state index contributed by atoms with van der Waals surface area (Å²) in [6, 6.07) is 1.87. The summed E-state index contributed by atoms with van der Waals surface area (Å²) in [5.41, 5.74) is 2.16. The molecule has 2 N–H and O–H groups in total. The van der Waals surface area contributed by atoms with E-state index in [2.05, 4.69) is 22.5 Å². The SMILES string of the molecule is Cc1csc([C@@H](C)CNC(=O)NCc2ccsc2)n1. The van der Waals surface area contributed by atoms with E-state index in [1.807, 2.05) is 29.1 Å². The number of aryl methyl sites for hydroxylation is 1. The van der Waals surface area contributed by atoms with Crippen molar-refractivity contribution in [2.75, 3.05) is 6.54 Å². The smallest absolute Gasteiger partial charge is 0.315 e. The highest BCUT2D eigenvalue weighted by atomic mass is 32.1. The van der Waals surface area contributed by atoms with E-state index in [0.29, 0.717) is 13.1 Å². The lowest BCUT2D eigenvalue weighted by Crippen LogP contribution is -2.36. The van der Waals surface area contributed by atoms with Crippen LogP contribution in [0.2, 0.25) is 0 Å². The number of nitrogens with one attached hydrogen (secondary N) is 2. The van der Waals surface area contributed by atoms with Gasteiger partial charge in [0.1, 0.15) is 0 Å². The molecule has 0 aliphatic heterocycles. The zero-order chi connectivity index (χ0) is 13.7. The van der Waals surface area contributed by atoms with Gasteiger partial charge in [-0.25, -0.2) is 9.78 Å². The number of thiazole rings is 1. The molecule has 0 saturated carbocycles. The Kier molecular flexibility index (Phi) is 4.93. The molecule has 1 atom stereocenters. The van der Waals surface area contributed by atoms with Crippen LogP contribution in [-0.2, 0) is 6.54 Å². The van der Waals surface area contributed by atoms with E-state index in [1.54, 1.807) is 22.7 Å². The molecule has 0 aromatic carbocycles. The highest BCUT2D eigenvalue weighted by Gasteiger charge is 2.10. The number of hydrogen-bond donors (Lipinski definition) is 2. The van der Waals surface area contributed by atoms with Crippen LogP contribution in [-0.4, -0.2) is 17.6 Å². The summed E-state index contributed by atoms with van der Waals surface area (Å²) in [5.74, 6) is 0.241. The molecule has 19 heavy (non-hydrogen) atoms. The lowest BCUT2D eigenvalue weighted by molar-refractivity contribution is 0.240. The van der Waals surface area contributed by atoms with Gasteiger partial charge in [-0.15, -0.1) is 11.3 Å². The average Bonchev–Trinajstić information content (AvgIpc) is 3.04. The number of hydrogen-bond acceptors (Lipinski definition) is 4. The Bertz CT molecular complexity index is 522. The van der Waals surface area contributed by atoms with Crippen molar-refractivity contribution in [2.24, 2.45) is 0 Å². The molecule has 4 nitrogen and oxygen atoms in total. The normalized spacial score (nSPS) is 12.1. The number of nitrogens with zero attached hydrogens (tertiary/aromatic N) is 1. The molecule has 0 saturated heterocycles. The summed E-state index contributed by atoms with van der Waals surface area (Å²) in [7, 11) is 0. The van der Waals surface area contributed by atoms with Crippen LogP contribution < -0.4 is 10.6 Å². The van der Waals surface area contributed by atoms with Crippen LogP contribution >= 0.6 is 22.7 Å². The molecule has 0 spiro atoms. The van der Waals surface area contributed by atoms with Crippen LogP contribution in [0.4, 0.5) is 4.79 Å². The highest BCUT2D eigenvalue weighted by molar-refractivity contribution is 7.09. The molecule has 0 bridgehead atoms. The molecule has 2 amide bonds. The maximum absolute atomic E-state index is 11.6. The van der Waals surface area contributed by atoms with Crippen LogP contribution in [0.1, 0.15) is 29.1 Å². The van der Waals surface area contributed by atoms with E-state index in [0.717, 1.165) is 16.3 Å². The van der Waals surface area contributed by atoms with Gasteiger partial charge in [0.2, 0.25) is 0 Å². The standard InChI is InChI=1S/C13H17N3OS2/c1-9(12-16-10(2)7-19-12)5-14-13(17)15-6-11-3-4-18-8-11/h3-4,7-9H,5-6H2,1-2H3,(H2,14,15,17)/t9-/m0/s1. The highest BCUT2D eigenvalue weighted by Crippen LogP contribution is 2.18. The molecule has 0 radical (unpaired) electrons. The van der Waals surface area contributed by atoms with E-state index >= 15 is 0 Å². The van der Waals surface area contributed by atoms with Crippen LogP contribution in [0.3, 0.4) is 0 Å². The first-order valence-corrected chi connectivity index (χ1v) is 7.92. The van der Waals surface area contributed by atoms with Crippen molar-refractivity contribution in [3.8, 4) is 0 Å². The zero-order valence-corrected chi connectivity index (χ0v) is 12.6. The Hall–Kier alpha value is -1.40. The van der Waals surface area contributed by atoms with Gasteiger partial charge in [-0.2, -0.15) is 11.3 Å². The second kappa shape index (κ2) is 6.68. The van der Waals surface area contributed by atoms with Gasteiger partial charge in [0.15, 0.2) is 0 Å². The molecule has 0 aliphatic carbocycles. The minimum absolute atomic E-state index is 0.133. The fourth-order valence-corrected chi connectivity index (χ4v) is 3.09. The van der Waals surface area contributed by atoms with Crippen molar-refractivity contribution < 1.29 is 4.79 Å². The summed E-state index contributed by atoms with van der Waals surface area (Å²) in [5, 5.41) is 12.8. The molecule has 0 fully saturated rings. The first-order valence-electron chi connectivity index (χ1n) is 6.10. The summed E-state index contributed by atoms with van der Waals surface area (Å²) < 4.78 is 0. The van der Waals surface area contributed by atoms with Gasteiger partial charge in [0.05, 0.1) is 5.01 Å². The maximum atomic E-state index is 11.6. The Morgan fingerprint density at radius 3 is 2.89 bits per heavy atom. The fraction of sp³-hybridized carbons (Fsp3) is 0.385. The van der Waals surface area contributed by atoms with E-state index < -0.39 is 0 Å². The molecule has 0 unspecified atom stereocenters. The number of rotatable bonds is 5. The lowest BCUT2D eigenvalue weighted by atomic mass is 10.2. The molecule has 102 valence electrons. The van der Waals surface area contributed by atoms with Gasteiger partial charge in [0, 0.05) is 30.1 Å². The molecular formula is C13H17N3OS2. The quantitative estimate of drug-likeness (QED) is 0.890. The predicted molar refractivity (Wildman–Crippen MR) is 79.8 cm³/mol. The lowest BCUT2D eigenvalue weighted by Gasteiger charge is -2.10. The average molecular weight is 295 g/mol. The third kappa shape index (κ3) is 4.33. The van der Waals surface area contributed by atoms with E-state index in [1.165, 1.54) is 0 Å². The minimum atomic E-state index is -0.133. The molecule has 2 rings (SSSR count). The first kappa shape index (κ1) is 14.0. The third-order valence-corrected chi connectivity index (χ3v) is 4.59. The Morgan fingerprint density at radius 1 is 1.42 bits per heavy atom. The van der Waals surface area contributed by atoms with Crippen molar-refractivity contribution in [2.45, 2.75) is 26.3 Å². The second-order valence-electron chi connectivity index (χ2n) is 4.42. The number of aromatic nitrogens is 1. The van der Waals surface area contributed by atoms with Crippen LogP contribution in [0.25, 0.3) is 0 Å². The maximum Gasteiger partial charge on any atom is 0.315 e. The summed E-state index contributed by atoms with van der Waals surface area (Å²) in [4.78, 5) is 16.1. The Labute approximate surface area is 120 Å². The summed E-state index contributed by atoms with van der Waals surface area (Å²) in [6.07, 6.45) is 0. The predicted octanol–water partition coefficient (Wildman–Crippen LogP) is 3.12. The second-order valence-corrected chi connectivity index (χ2v) is 6.09. The van der Waals surface area contributed by atoms with Crippen LogP contribution in [0, 0.1) is 6.92 Å². The van der Waals surface area contributed by atoms with E-state index in [-0.39, 0.29) is 11.9 Å². The monoisotopic (exact) mass is 295 g/mol. The number of urea groups is 1. The zero-order valence-electron chi connectivity index (χ0n) is 11.0. The Balaban J connectivity index is 1.71. The van der Waals surface area contributed by atoms with Gasteiger partial charge >= 0.3 is 6.03 Å². The van der Waals surface area contributed by atoms with Crippen molar-refractivity contribution in [3.05, 3.63) is 38.5 Å². The van der Waals surface area contributed by atoms with E-state index in [4.69, 9.17) is 0 Å². The topological polar surface area (TPSA) is 54.0 Å². The minimum Gasteiger partial charge on any atom is -0.337 e. The number of carbonyl (C=O) groups is 1. The molecule has 2 heterocycles. The summed E-state index contributed by atoms with van der Waals surface area (Å²) >= 11 is 3.27. The van der Waals surface area contributed by atoms with Crippen molar-refractivity contribution in [1.29, 1.82) is 0 Å². The number of amides is 2. The van der Waals surface area contributed by atoms with Crippen LogP contribution in [0.15, 0.2) is 22.2 Å². The van der Waals surface area contributed by atoms with Gasteiger partial charge in [-0.3, -0.25) is 0 Å². The Morgan fingerprint density at radius 2 is 2.26 bits per heavy atom. The molecular weight excluding hydrogens is 278 g/mol. The van der Waals surface area contributed by atoms with E-state index in [9.17, 15) is 4.79 Å². The van der Waals surface area contributed by atoms with Gasteiger partial charge in [-0.1, -0.05) is 6.92 Å². The fourth-order valence-electron chi connectivity index (χ4n) is 1.57. The van der Waals surface area contributed by atoms with Crippen LogP contribution in [0.5, 0.6) is 0 Å². The molecule has 6 heteroatoms. The van der Waals surface area contributed by atoms with Crippen molar-refractivity contribution in [1.82, 2.24) is 15.6 Å². The third-order valence-electron chi connectivity index (χ3n) is 2.66. The largest absolute Gasteiger partial charge is 0.337 e. The van der Waals surface area contributed by atoms with Gasteiger partial charge in [0.25, 0.3) is 0 Å². The molecule has 0 aliphatic rings. The molecule has 2 aromatic heterocycles. The van der Waals surface area contributed by atoms with Crippen molar-refractivity contribution in [3.63, 3.8) is 0 Å². The number of thiophene rings is 1. The number of carbonyl (C=O) groups excluding carboxylic acids is 1. The molecule has 2 aromatic rings. The van der Waals surface area contributed by atoms with Gasteiger partial charge in [-0.05, 0) is 29.3 Å².